The zero-order valence-corrected chi connectivity index (χ0v) is 10.3. The maximum atomic E-state index is 11.4. The predicted octanol–water partition coefficient (Wildman–Crippen LogP) is 2.48. The molecule has 0 saturated heterocycles. The summed E-state index contributed by atoms with van der Waals surface area (Å²) in [6, 6.07) is 9.91. The number of benzene rings is 2. The highest BCUT2D eigenvalue weighted by molar-refractivity contribution is 7.93. The summed E-state index contributed by atoms with van der Waals surface area (Å²) in [5.74, 6) is 0.106. The monoisotopic (exact) mass is 271 g/mol. The minimum Gasteiger partial charge on any atom is -0.507 e. The highest BCUT2D eigenvalue weighted by atomic mass is 35.5. The van der Waals surface area contributed by atoms with Gasteiger partial charge in [0.05, 0.1) is 5.69 Å². The number of nitrogens with one attached hydrogen (secondary N) is 1. The number of aromatic hydroxyl groups is 1. The van der Waals surface area contributed by atoms with E-state index in [-0.39, 0.29) is 5.75 Å². The minimum atomic E-state index is -3.54. The predicted molar refractivity (Wildman–Crippen MR) is 68.9 cm³/mol. The Morgan fingerprint density at radius 2 is 1.76 bits per heavy atom. The standard InChI is InChI=1S/C11H10ClNO3S/c12-7-17(15,16)13-10-5-1-4-9-8(10)3-2-6-11(9)14/h1-6,13-14H,7H2. The van der Waals surface area contributed by atoms with Gasteiger partial charge >= 0.3 is 0 Å². The molecule has 0 aliphatic rings. The molecule has 0 aliphatic heterocycles. The van der Waals surface area contributed by atoms with Gasteiger partial charge in [-0.25, -0.2) is 8.42 Å². The molecule has 0 unspecified atom stereocenters. The molecular formula is C11H10ClNO3S. The second-order valence-corrected chi connectivity index (χ2v) is 5.81. The summed E-state index contributed by atoms with van der Waals surface area (Å²) >= 11 is 5.33. The number of anilines is 1. The van der Waals surface area contributed by atoms with E-state index in [1.807, 2.05) is 0 Å². The number of alkyl halides is 1. The Labute approximate surface area is 104 Å². The minimum absolute atomic E-state index is 0.106. The van der Waals surface area contributed by atoms with Crippen LogP contribution in [0.4, 0.5) is 5.69 Å². The number of hydrogen-bond donors (Lipinski definition) is 2. The lowest BCUT2D eigenvalue weighted by atomic mass is 10.1. The zero-order chi connectivity index (χ0) is 12.5. The number of sulfonamides is 1. The zero-order valence-electron chi connectivity index (χ0n) is 8.72. The Bertz CT molecular complexity index is 655. The molecule has 0 radical (unpaired) electrons. The molecule has 0 heterocycles. The van der Waals surface area contributed by atoms with Gasteiger partial charge in [0.25, 0.3) is 0 Å². The normalized spacial score (nSPS) is 11.6. The third-order valence-electron chi connectivity index (χ3n) is 2.31. The molecule has 2 aromatic rings. The first-order valence-corrected chi connectivity index (χ1v) is 6.99. The van der Waals surface area contributed by atoms with Gasteiger partial charge in [-0.2, -0.15) is 0 Å². The van der Waals surface area contributed by atoms with Crippen LogP contribution in [0.2, 0.25) is 0 Å². The Morgan fingerprint density at radius 1 is 1.12 bits per heavy atom. The van der Waals surface area contributed by atoms with Crippen molar-refractivity contribution in [3.05, 3.63) is 36.4 Å². The van der Waals surface area contributed by atoms with Crippen LogP contribution in [-0.2, 0) is 10.0 Å². The fourth-order valence-corrected chi connectivity index (χ4v) is 2.31. The molecule has 2 rings (SSSR count). The van der Waals surface area contributed by atoms with Gasteiger partial charge in [-0.3, -0.25) is 4.72 Å². The molecule has 0 bridgehead atoms. The number of phenolic OH excluding ortho intramolecular Hbond substituents is 1. The van der Waals surface area contributed by atoms with Crippen molar-refractivity contribution in [2.24, 2.45) is 0 Å². The van der Waals surface area contributed by atoms with Crippen molar-refractivity contribution < 1.29 is 13.5 Å². The van der Waals surface area contributed by atoms with Crippen molar-refractivity contribution in [1.29, 1.82) is 0 Å². The fourth-order valence-electron chi connectivity index (χ4n) is 1.58. The lowest BCUT2D eigenvalue weighted by Gasteiger charge is -2.09. The molecule has 4 nitrogen and oxygen atoms in total. The van der Waals surface area contributed by atoms with Crippen molar-refractivity contribution in [3.63, 3.8) is 0 Å². The summed E-state index contributed by atoms with van der Waals surface area (Å²) in [4.78, 5) is 0. The van der Waals surface area contributed by atoms with Crippen LogP contribution in [0.25, 0.3) is 10.8 Å². The van der Waals surface area contributed by atoms with Crippen LogP contribution in [0.5, 0.6) is 5.75 Å². The van der Waals surface area contributed by atoms with Gasteiger partial charge in [0.15, 0.2) is 0 Å². The molecule has 0 aliphatic carbocycles. The second kappa shape index (κ2) is 4.43. The van der Waals surface area contributed by atoms with Crippen LogP contribution in [0.3, 0.4) is 0 Å². The lowest BCUT2D eigenvalue weighted by Crippen LogP contribution is -2.13. The Morgan fingerprint density at radius 3 is 2.47 bits per heavy atom. The van der Waals surface area contributed by atoms with E-state index < -0.39 is 15.2 Å². The molecule has 0 atom stereocenters. The molecule has 90 valence electrons. The van der Waals surface area contributed by atoms with E-state index in [1.54, 1.807) is 36.4 Å². The summed E-state index contributed by atoms with van der Waals surface area (Å²) in [7, 11) is -3.54. The molecule has 0 amide bonds. The summed E-state index contributed by atoms with van der Waals surface area (Å²) < 4.78 is 25.2. The van der Waals surface area contributed by atoms with Crippen molar-refractivity contribution >= 4 is 38.1 Å². The molecule has 0 fully saturated rings. The van der Waals surface area contributed by atoms with E-state index in [9.17, 15) is 13.5 Å². The number of phenols is 1. The van der Waals surface area contributed by atoms with E-state index in [1.165, 1.54) is 0 Å². The fraction of sp³-hybridized carbons (Fsp3) is 0.0909. The first kappa shape index (κ1) is 12.0. The van der Waals surface area contributed by atoms with Gasteiger partial charge in [0.1, 0.15) is 11.0 Å². The molecule has 0 saturated carbocycles. The summed E-state index contributed by atoms with van der Waals surface area (Å²) in [5.41, 5.74) is 0.402. The van der Waals surface area contributed by atoms with Crippen LogP contribution < -0.4 is 4.72 Å². The van der Waals surface area contributed by atoms with Gasteiger partial charge in [-0.05, 0) is 12.1 Å². The van der Waals surface area contributed by atoms with Gasteiger partial charge in [-0.15, -0.1) is 11.6 Å². The van der Waals surface area contributed by atoms with Gasteiger partial charge in [-0.1, -0.05) is 24.3 Å². The maximum Gasteiger partial charge on any atom is 0.246 e. The summed E-state index contributed by atoms with van der Waals surface area (Å²) in [6.45, 7) is 0. The van der Waals surface area contributed by atoms with E-state index in [2.05, 4.69) is 4.72 Å². The van der Waals surface area contributed by atoms with Gasteiger partial charge in [0.2, 0.25) is 10.0 Å². The Hall–Kier alpha value is -1.46. The molecular weight excluding hydrogens is 262 g/mol. The van der Waals surface area contributed by atoms with Crippen molar-refractivity contribution in [2.45, 2.75) is 0 Å². The third-order valence-corrected chi connectivity index (χ3v) is 3.99. The Balaban J connectivity index is 2.60. The molecule has 17 heavy (non-hydrogen) atoms. The largest absolute Gasteiger partial charge is 0.507 e. The van der Waals surface area contributed by atoms with Crippen LogP contribution in [0, 0.1) is 0 Å². The molecule has 2 N–H and O–H groups in total. The topological polar surface area (TPSA) is 66.4 Å². The first-order chi connectivity index (χ1) is 8.03. The average Bonchev–Trinajstić information content (AvgIpc) is 2.30. The van der Waals surface area contributed by atoms with Gasteiger partial charge in [0, 0.05) is 10.8 Å². The van der Waals surface area contributed by atoms with E-state index in [0.29, 0.717) is 16.5 Å². The molecule has 6 heteroatoms. The third kappa shape index (κ3) is 2.45. The quantitative estimate of drug-likeness (QED) is 0.843. The number of rotatable bonds is 3. The van der Waals surface area contributed by atoms with E-state index in [4.69, 9.17) is 11.6 Å². The van der Waals surface area contributed by atoms with Crippen LogP contribution in [0.15, 0.2) is 36.4 Å². The highest BCUT2D eigenvalue weighted by Gasteiger charge is 2.11. The SMILES string of the molecule is O=S(=O)(CCl)Nc1cccc2c(O)cccc12. The van der Waals surface area contributed by atoms with Crippen molar-refractivity contribution in [1.82, 2.24) is 0 Å². The van der Waals surface area contributed by atoms with Gasteiger partial charge < -0.3 is 5.11 Å². The second-order valence-electron chi connectivity index (χ2n) is 3.50. The Kier molecular flexibility index (Phi) is 3.13. The first-order valence-electron chi connectivity index (χ1n) is 4.81. The maximum absolute atomic E-state index is 11.4. The lowest BCUT2D eigenvalue weighted by molar-refractivity contribution is 0.481. The van der Waals surface area contributed by atoms with Crippen molar-refractivity contribution in [3.8, 4) is 5.75 Å². The van der Waals surface area contributed by atoms with E-state index >= 15 is 0 Å². The summed E-state index contributed by atoms with van der Waals surface area (Å²) in [6.07, 6.45) is 0. The summed E-state index contributed by atoms with van der Waals surface area (Å²) in [5, 5.41) is 10.3. The van der Waals surface area contributed by atoms with Crippen LogP contribution in [-0.4, -0.2) is 18.7 Å². The number of hydrogen-bond acceptors (Lipinski definition) is 3. The molecule has 2 aromatic carbocycles. The number of fused-ring (bicyclic) bond motifs is 1. The molecule has 0 spiro atoms. The average molecular weight is 272 g/mol. The van der Waals surface area contributed by atoms with E-state index in [0.717, 1.165) is 0 Å². The van der Waals surface area contributed by atoms with Crippen LogP contribution in [0.1, 0.15) is 0 Å². The highest BCUT2D eigenvalue weighted by Crippen LogP contribution is 2.30. The van der Waals surface area contributed by atoms with Crippen LogP contribution >= 0.6 is 11.6 Å². The van der Waals surface area contributed by atoms with Crippen molar-refractivity contribution in [2.75, 3.05) is 9.93 Å². The number of halogens is 1. The smallest absolute Gasteiger partial charge is 0.246 e. The molecule has 0 aromatic heterocycles.